The van der Waals surface area contributed by atoms with E-state index in [9.17, 15) is 14.8 Å². The predicted molar refractivity (Wildman–Crippen MR) is 62.3 cm³/mol. The SMILES string of the molecule is CC(=O)[N+]1([O-])CC=C1C(=O)Nc1ccccc1. The summed E-state index contributed by atoms with van der Waals surface area (Å²) in [6, 6.07) is 8.79. The number of amides is 2. The number of carbonyl (C=O) groups is 2. The highest BCUT2D eigenvalue weighted by molar-refractivity contribution is 6.04. The lowest BCUT2D eigenvalue weighted by Gasteiger charge is -2.43. The van der Waals surface area contributed by atoms with E-state index in [2.05, 4.69) is 5.32 Å². The number of carbonyl (C=O) groups excluding carboxylic acids is 2. The summed E-state index contributed by atoms with van der Waals surface area (Å²) in [6.07, 6.45) is 1.48. The second-order valence-corrected chi connectivity index (χ2v) is 3.85. The maximum Gasteiger partial charge on any atom is 0.316 e. The molecule has 0 saturated heterocycles. The summed E-state index contributed by atoms with van der Waals surface area (Å²) in [5, 5.41) is 14.5. The highest BCUT2D eigenvalue weighted by Gasteiger charge is 2.40. The number of quaternary nitrogens is 1. The van der Waals surface area contributed by atoms with Crippen LogP contribution >= 0.6 is 0 Å². The van der Waals surface area contributed by atoms with Crippen molar-refractivity contribution in [3.63, 3.8) is 0 Å². The van der Waals surface area contributed by atoms with Crippen molar-refractivity contribution in [2.24, 2.45) is 0 Å². The average Bonchev–Trinajstić information content (AvgIpc) is 2.27. The first-order valence-corrected chi connectivity index (χ1v) is 5.21. The molecular formula is C12H12N2O3. The van der Waals surface area contributed by atoms with Crippen LogP contribution in [-0.4, -0.2) is 23.0 Å². The normalized spacial score (nSPS) is 22.4. The number of rotatable bonds is 2. The predicted octanol–water partition coefficient (Wildman–Crippen LogP) is 1.38. The van der Waals surface area contributed by atoms with Gasteiger partial charge in [-0.25, -0.2) is 4.79 Å². The van der Waals surface area contributed by atoms with Gasteiger partial charge in [0.2, 0.25) is 5.70 Å². The van der Waals surface area contributed by atoms with Crippen LogP contribution in [0.25, 0.3) is 0 Å². The highest BCUT2D eigenvalue weighted by Crippen LogP contribution is 2.26. The Morgan fingerprint density at radius 1 is 1.29 bits per heavy atom. The zero-order chi connectivity index (χ0) is 12.5. The summed E-state index contributed by atoms with van der Waals surface area (Å²) >= 11 is 0. The van der Waals surface area contributed by atoms with Crippen molar-refractivity contribution in [1.29, 1.82) is 0 Å². The molecule has 5 nitrogen and oxygen atoms in total. The van der Waals surface area contributed by atoms with E-state index >= 15 is 0 Å². The van der Waals surface area contributed by atoms with Crippen molar-refractivity contribution in [2.45, 2.75) is 6.92 Å². The number of para-hydroxylation sites is 1. The lowest BCUT2D eigenvalue weighted by molar-refractivity contribution is -0.771. The van der Waals surface area contributed by atoms with Crippen molar-refractivity contribution in [2.75, 3.05) is 11.9 Å². The molecule has 1 aliphatic heterocycles. The molecule has 0 aliphatic carbocycles. The van der Waals surface area contributed by atoms with Crippen molar-refractivity contribution in [1.82, 2.24) is 0 Å². The zero-order valence-corrected chi connectivity index (χ0v) is 9.34. The lowest BCUT2D eigenvalue weighted by atomic mass is 10.1. The largest absolute Gasteiger partial charge is 0.619 e. The topological polar surface area (TPSA) is 69.2 Å². The van der Waals surface area contributed by atoms with E-state index in [-0.39, 0.29) is 12.2 Å². The van der Waals surface area contributed by atoms with Crippen LogP contribution in [0.5, 0.6) is 0 Å². The number of anilines is 1. The molecule has 0 radical (unpaired) electrons. The molecular weight excluding hydrogens is 220 g/mol. The van der Waals surface area contributed by atoms with Gasteiger partial charge in [0.25, 0.3) is 0 Å². The van der Waals surface area contributed by atoms with E-state index in [0.717, 1.165) is 0 Å². The molecule has 0 spiro atoms. The smallest absolute Gasteiger partial charge is 0.316 e. The van der Waals surface area contributed by atoms with Crippen LogP contribution in [0.1, 0.15) is 6.92 Å². The van der Waals surface area contributed by atoms with Gasteiger partial charge in [0.15, 0.2) is 0 Å². The van der Waals surface area contributed by atoms with Crippen LogP contribution < -0.4 is 5.32 Å². The lowest BCUT2D eigenvalue weighted by Crippen LogP contribution is -2.54. The van der Waals surface area contributed by atoms with E-state index in [1.165, 1.54) is 13.0 Å². The molecule has 1 aromatic carbocycles. The number of hydrogen-bond donors (Lipinski definition) is 1. The fourth-order valence-corrected chi connectivity index (χ4v) is 1.62. The number of hydrogen-bond acceptors (Lipinski definition) is 3. The molecule has 1 unspecified atom stereocenters. The van der Waals surface area contributed by atoms with Crippen molar-refractivity contribution in [3.8, 4) is 0 Å². The second kappa shape index (κ2) is 4.12. The minimum absolute atomic E-state index is 0.0346. The second-order valence-electron chi connectivity index (χ2n) is 3.85. The van der Waals surface area contributed by atoms with E-state index in [1.807, 2.05) is 6.07 Å². The molecule has 1 heterocycles. The van der Waals surface area contributed by atoms with Crippen molar-refractivity contribution in [3.05, 3.63) is 47.3 Å². The van der Waals surface area contributed by atoms with Crippen LogP contribution in [0, 0.1) is 5.21 Å². The summed E-state index contributed by atoms with van der Waals surface area (Å²) < 4.78 is -1.17. The summed E-state index contributed by atoms with van der Waals surface area (Å²) in [6.45, 7) is 1.22. The Hall–Kier alpha value is -1.98. The average molecular weight is 232 g/mol. The van der Waals surface area contributed by atoms with Gasteiger partial charge in [-0.2, -0.15) is 0 Å². The minimum atomic E-state index is -1.17. The Balaban J connectivity index is 2.11. The van der Waals surface area contributed by atoms with Gasteiger partial charge < -0.3 is 10.5 Å². The number of nitrogens with one attached hydrogen (secondary N) is 1. The van der Waals surface area contributed by atoms with Gasteiger partial charge in [0, 0.05) is 11.8 Å². The standard InChI is InChI=1S/C12H12N2O3/c1-9(15)14(17)8-7-11(14)12(16)13-10-5-3-2-4-6-10/h2-7H,8H2,1H3,(H,13,16). The molecule has 0 fully saturated rings. The Kier molecular flexibility index (Phi) is 2.79. The highest BCUT2D eigenvalue weighted by atomic mass is 16.6. The van der Waals surface area contributed by atoms with E-state index in [4.69, 9.17) is 0 Å². The van der Waals surface area contributed by atoms with Gasteiger partial charge in [-0.05, 0) is 12.1 Å². The monoisotopic (exact) mass is 232 g/mol. The third-order valence-electron chi connectivity index (χ3n) is 2.70. The van der Waals surface area contributed by atoms with Gasteiger partial charge in [0.05, 0.1) is 6.92 Å². The maximum absolute atomic E-state index is 11.9. The Morgan fingerprint density at radius 2 is 1.94 bits per heavy atom. The van der Waals surface area contributed by atoms with Gasteiger partial charge in [-0.3, -0.25) is 9.44 Å². The molecule has 0 saturated carbocycles. The number of hydroxylamine groups is 3. The molecule has 1 atom stereocenters. The first-order chi connectivity index (χ1) is 8.04. The van der Waals surface area contributed by atoms with Gasteiger partial charge in [-0.1, -0.05) is 18.2 Å². The first-order valence-electron chi connectivity index (χ1n) is 5.21. The molecule has 88 valence electrons. The Morgan fingerprint density at radius 3 is 2.41 bits per heavy atom. The Labute approximate surface area is 98.5 Å². The van der Waals surface area contributed by atoms with Gasteiger partial charge in [0.1, 0.15) is 6.54 Å². The van der Waals surface area contributed by atoms with Crippen molar-refractivity contribution >= 4 is 17.5 Å². The molecule has 2 amide bonds. The molecule has 0 aromatic heterocycles. The van der Waals surface area contributed by atoms with Crippen LogP contribution in [0.4, 0.5) is 5.69 Å². The minimum Gasteiger partial charge on any atom is -0.619 e. The molecule has 1 N–H and O–H groups in total. The van der Waals surface area contributed by atoms with Crippen LogP contribution in [0.3, 0.4) is 0 Å². The summed E-state index contributed by atoms with van der Waals surface area (Å²) in [5.41, 5.74) is 0.557. The van der Waals surface area contributed by atoms with E-state index in [0.29, 0.717) is 5.69 Å². The first kappa shape index (κ1) is 11.5. The number of benzene rings is 1. The van der Waals surface area contributed by atoms with Crippen LogP contribution in [0.2, 0.25) is 0 Å². The van der Waals surface area contributed by atoms with Crippen LogP contribution in [-0.2, 0) is 9.59 Å². The van der Waals surface area contributed by atoms with Crippen LogP contribution in [0.15, 0.2) is 42.1 Å². The van der Waals surface area contributed by atoms with Gasteiger partial charge in [-0.15, -0.1) is 0 Å². The van der Waals surface area contributed by atoms with E-state index in [1.54, 1.807) is 24.3 Å². The molecule has 17 heavy (non-hydrogen) atoms. The fraction of sp³-hybridized carbons (Fsp3) is 0.167. The molecule has 1 aromatic rings. The van der Waals surface area contributed by atoms with Gasteiger partial charge >= 0.3 is 11.8 Å². The number of nitrogens with zero attached hydrogens (tertiary/aromatic N) is 1. The maximum atomic E-state index is 11.9. The van der Waals surface area contributed by atoms with Crippen molar-refractivity contribution < 1.29 is 14.2 Å². The molecule has 1 aliphatic rings. The van der Waals surface area contributed by atoms with E-state index < -0.39 is 16.5 Å². The fourth-order valence-electron chi connectivity index (χ4n) is 1.62. The zero-order valence-electron chi connectivity index (χ0n) is 9.34. The summed E-state index contributed by atoms with van der Waals surface area (Å²) in [4.78, 5) is 22.9. The third kappa shape index (κ3) is 1.98. The third-order valence-corrected chi connectivity index (χ3v) is 2.70. The molecule has 5 heteroatoms. The molecule has 2 rings (SSSR count). The quantitative estimate of drug-likeness (QED) is 0.618. The Bertz CT molecular complexity index is 496. The summed E-state index contributed by atoms with van der Waals surface area (Å²) in [5.74, 6) is -1.10. The molecule has 0 bridgehead atoms. The summed E-state index contributed by atoms with van der Waals surface area (Å²) in [7, 11) is 0.